The molecule has 0 saturated carbocycles. The van der Waals surface area contributed by atoms with Gasteiger partial charge in [-0.05, 0) is 48.5 Å². The lowest BCUT2D eigenvalue weighted by molar-refractivity contribution is 0.631. The maximum Gasteiger partial charge on any atom is 0.171 e. The topological polar surface area (TPSA) is 24.1 Å². The third-order valence-electron chi connectivity index (χ3n) is 4.00. The first-order valence-corrected chi connectivity index (χ1v) is 9.37. The fraction of sp³-hybridized carbons (Fsp3) is 0.0952. The number of rotatable bonds is 4. The Kier molecular flexibility index (Phi) is 6.01. The van der Waals surface area contributed by atoms with Gasteiger partial charge in [-0.3, -0.25) is 0 Å². The lowest BCUT2D eigenvalue weighted by atomic mass is 9.98. The van der Waals surface area contributed by atoms with Crippen molar-refractivity contribution < 1.29 is 4.39 Å². The fourth-order valence-electron chi connectivity index (χ4n) is 2.64. The maximum absolute atomic E-state index is 14.1. The molecule has 0 spiro atoms. The lowest BCUT2D eigenvalue weighted by Crippen LogP contribution is -2.33. The predicted molar refractivity (Wildman–Crippen MR) is 113 cm³/mol. The molecule has 0 saturated heterocycles. The largest absolute Gasteiger partial charge is 0.352 e. The summed E-state index contributed by atoms with van der Waals surface area (Å²) in [5.74, 6) is -0.366. The molecule has 2 N–H and O–H groups in total. The minimum Gasteiger partial charge on any atom is -0.352 e. The van der Waals surface area contributed by atoms with Crippen molar-refractivity contribution in [2.24, 2.45) is 0 Å². The van der Waals surface area contributed by atoms with Crippen LogP contribution in [0.1, 0.15) is 22.7 Å². The molecule has 5 heteroatoms. The Hall–Kier alpha value is -2.24. The van der Waals surface area contributed by atoms with E-state index < -0.39 is 0 Å². The van der Waals surface area contributed by atoms with Crippen LogP contribution in [0.5, 0.6) is 0 Å². The summed E-state index contributed by atoms with van der Waals surface area (Å²) < 4.78 is 14.7. The highest BCUT2D eigenvalue weighted by molar-refractivity contribution is 9.10. The van der Waals surface area contributed by atoms with Crippen LogP contribution < -0.4 is 10.6 Å². The first-order chi connectivity index (χ1) is 12.5. The smallest absolute Gasteiger partial charge is 0.171 e. The van der Waals surface area contributed by atoms with Crippen LogP contribution in [0.15, 0.2) is 77.3 Å². The normalized spacial score (nSPS) is 11.7. The first kappa shape index (κ1) is 18.5. The summed E-state index contributed by atoms with van der Waals surface area (Å²) in [6.45, 7) is 2.05. The average molecular weight is 429 g/mol. The Morgan fingerprint density at radius 1 is 0.962 bits per heavy atom. The molecule has 0 aliphatic carbocycles. The molecule has 0 unspecified atom stereocenters. The van der Waals surface area contributed by atoms with E-state index in [0.29, 0.717) is 15.3 Å². The second-order valence-corrected chi connectivity index (χ2v) is 7.30. The fourth-order valence-corrected chi connectivity index (χ4v) is 3.20. The zero-order valence-corrected chi connectivity index (χ0v) is 16.6. The molecule has 0 aliphatic heterocycles. The third kappa shape index (κ3) is 4.68. The van der Waals surface area contributed by atoms with Gasteiger partial charge in [0, 0.05) is 4.47 Å². The highest BCUT2D eigenvalue weighted by Gasteiger charge is 2.15. The third-order valence-corrected chi connectivity index (χ3v) is 4.71. The molecule has 26 heavy (non-hydrogen) atoms. The summed E-state index contributed by atoms with van der Waals surface area (Å²) in [6, 6.07) is 23.0. The Bertz CT molecular complexity index is 898. The van der Waals surface area contributed by atoms with Crippen LogP contribution in [0, 0.1) is 12.7 Å². The van der Waals surface area contributed by atoms with E-state index in [-0.39, 0.29) is 11.9 Å². The molecule has 3 aromatic carbocycles. The van der Waals surface area contributed by atoms with Crippen molar-refractivity contribution >= 4 is 38.9 Å². The van der Waals surface area contributed by atoms with Gasteiger partial charge in [0.1, 0.15) is 5.82 Å². The van der Waals surface area contributed by atoms with Crippen LogP contribution in [0.25, 0.3) is 0 Å². The second kappa shape index (κ2) is 8.43. The van der Waals surface area contributed by atoms with Gasteiger partial charge < -0.3 is 10.6 Å². The highest BCUT2D eigenvalue weighted by atomic mass is 79.9. The summed E-state index contributed by atoms with van der Waals surface area (Å²) in [5, 5.41) is 6.61. The quantitative estimate of drug-likeness (QED) is 0.500. The Morgan fingerprint density at radius 3 is 2.27 bits per heavy atom. The number of hydrogen-bond donors (Lipinski definition) is 2. The van der Waals surface area contributed by atoms with E-state index in [2.05, 4.69) is 57.8 Å². The van der Waals surface area contributed by atoms with E-state index in [0.717, 1.165) is 11.1 Å². The zero-order chi connectivity index (χ0) is 18.5. The first-order valence-electron chi connectivity index (χ1n) is 8.17. The van der Waals surface area contributed by atoms with Gasteiger partial charge in [0.25, 0.3) is 0 Å². The van der Waals surface area contributed by atoms with E-state index >= 15 is 0 Å². The van der Waals surface area contributed by atoms with Crippen LogP contribution in [0.4, 0.5) is 10.1 Å². The van der Waals surface area contributed by atoms with Gasteiger partial charge in [0.05, 0.1) is 11.7 Å². The monoisotopic (exact) mass is 428 g/mol. The van der Waals surface area contributed by atoms with Crippen LogP contribution in [0.2, 0.25) is 0 Å². The summed E-state index contributed by atoms with van der Waals surface area (Å²) >= 11 is 8.68. The molecule has 2 nitrogen and oxygen atoms in total. The van der Waals surface area contributed by atoms with Crippen LogP contribution in [-0.4, -0.2) is 5.11 Å². The van der Waals surface area contributed by atoms with E-state index in [1.165, 1.54) is 11.6 Å². The number of nitrogens with one attached hydrogen (secondary N) is 2. The minimum atomic E-state index is -0.366. The molecule has 0 bridgehead atoms. The summed E-state index contributed by atoms with van der Waals surface area (Å²) in [4.78, 5) is 0. The standard InChI is InChI=1S/C21H18BrFN2S/c1-14-7-9-16(10-8-14)20(15-5-3-2-4-6-15)25-21(26)24-19-12-11-17(22)13-18(19)23/h2-13,20H,1H3,(H2,24,25,26)/t20-/m0/s1. The Balaban J connectivity index is 1.83. The van der Waals surface area contributed by atoms with Crippen molar-refractivity contribution in [3.05, 3.63) is 99.8 Å². The highest BCUT2D eigenvalue weighted by Crippen LogP contribution is 2.23. The van der Waals surface area contributed by atoms with E-state index in [4.69, 9.17) is 12.2 Å². The number of halogens is 2. The zero-order valence-electron chi connectivity index (χ0n) is 14.2. The van der Waals surface area contributed by atoms with Gasteiger partial charge in [-0.25, -0.2) is 4.39 Å². The molecule has 132 valence electrons. The SMILES string of the molecule is Cc1ccc([C@@H](NC(=S)Nc2ccc(Br)cc2F)c2ccccc2)cc1. The minimum absolute atomic E-state index is 0.129. The van der Waals surface area contributed by atoms with Gasteiger partial charge in [-0.15, -0.1) is 0 Å². The van der Waals surface area contributed by atoms with E-state index in [1.807, 2.05) is 30.3 Å². The van der Waals surface area contributed by atoms with Crippen molar-refractivity contribution in [1.29, 1.82) is 0 Å². The molecule has 0 fully saturated rings. The van der Waals surface area contributed by atoms with Crippen molar-refractivity contribution in [2.45, 2.75) is 13.0 Å². The van der Waals surface area contributed by atoms with Gasteiger partial charge in [0.15, 0.2) is 5.11 Å². The Labute approximate surface area is 166 Å². The number of thiocarbonyl (C=S) groups is 1. The molecule has 1 atom stereocenters. The molecular weight excluding hydrogens is 411 g/mol. The molecular formula is C21H18BrFN2S. The van der Waals surface area contributed by atoms with Crippen molar-refractivity contribution in [3.63, 3.8) is 0 Å². The average Bonchev–Trinajstić information content (AvgIpc) is 2.64. The van der Waals surface area contributed by atoms with Crippen LogP contribution in [-0.2, 0) is 0 Å². The van der Waals surface area contributed by atoms with Gasteiger partial charge in [-0.2, -0.15) is 0 Å². The predicted octanol–water partition coefficient (Wildman–Crippen LogP) is 5.97. The number of aryl methyl sites for hydroxylation is 1. The van der Waals surface area contributed by atoms with Crippen LogP contribution in [0.3, 0.4) is 0 Å². The van der Waals surface area contributed by atoms with Crippen LogP contribution >= 0.6 is 28.1 Å². The number of hydrogen-bond acceptors (Lipinski definition) is 1. The molecule has 0 radical (unpaired) electrons. The van der Waals surface area contributed by atoms with Gasteiger partial charge >= 0.3 is 0 Å². The number of anilines is 1. The van der Waals surface area contributed by atoms with E-state index in [9.17, 15) is 4.39 Å². The van der Waals surface area contributed by atoms with Crippen molar-refractivity contribution in [2.75, 3.05) is 5.32 Å². The molecule has 0 aliphatic rings. The van der Waals surface area contributed by atoms with Crippen molar-refractivity contribution in [3.8, 4) is 0 Å². The second-order valence-electron chi connectivity index (χ2n) is 5.98. The maximum atomic E-state index is 14.1. The Morgan fingerprint density at radius 2 is 1.62 bits per heavy atom. The summed E-state index contributed by atoms with van der Waals surface area (Å²) in [6.07, 6.45) is 0. The lowest BCUT2D eigenvalue weighted by Gasteiger charge is -2.22. The van der Waals surface area contributed by atoms with Gasteiger partial charge in [0.2, 0.25) is 0 Å². The number of benzene rings is 3. The van der Waals surface area contributed by atoms with E-state index in [1.54, 1.807) is 12.1 Å². The van der Waals surface area contributed by atoms with Crippen molar-refractivity contribution in [1.82, 2.24) is 5.32 Å². The van der Waals surface area contributed by atoms with Gasteiger partial charge in [-0.1, -0.05) is 76.1 Å². The molecule has 0 aromatic heterocycles. The molecule has 0 amide bonds. The summed E-state index contributed by atoms with van der Waals surface area (Å²) in [7, 11) is 0. The summed E-state index contributed by atoms with van der Waals surface area (Å²) in [5.41, 5.74) is 3.69. The molecule has 0 heterocycles. The molecule has 3 aromatic rings. The molecule has 3 rings (SSSR count).